The molecule has 0 saturated heterocycles. The maximum absolute atomic E-state index is 6.26. The van der Waals surface area contributed by atoms with Crippen molar-refractivity contribution in [2.24, 2.45) is 0 Å². The summed E-state index contributed by atoms with van der Waals surface area (Å²) in [7, 11) is 0. The van der Waals surface area contributed by atoms with E-state index in [4.69, 9.17) is 28.9 Å². The standard InChI is InChI=1S/C16H19Cl2N3/c1-2-20-14(7-11-5-6-21-16(19)8-11)9-12-3-4-13(17)10-15(12)18/h3-6,8,10,14,20H,2,7,9H2,1H3,(H2,19,21). The third kappa shape index (κ3) is 4.88. The number of likely N-dealkylation sites (N-methyl/N-ethyl adjacent to an activating group) is 1. The first-order chi connectivity index (χ1) is 10.1. The van der Waals surface area contributed by atoms with Gasteiger partial charge in [-0.25, -0.2) is 4.98 Å². The number of benzene rings is 1. The lowest BCUT2D eigenvalue weighted by Crippen LogP contribution is -2.33. The molecule has 5 heteroatoms. The summed E-state index contributed by atoms with van der Waals surface area (Å²) >= 11 is 12.2. The van der Waals surface area contributed by atoms with Gasteiger partial charge in [0.05, 0.1) is 0 Å². The highest BCUT2D eigenvalue weighted by molar-refractivity contribution is 6.35. The molecule has 1 unspecified atom stereocenters. The van der Waals surface area contributed by atoms with Gasteiger partial charge >= 0.3 is 0 Å². The van der Waals surface area contributed by atoms with E-state index in [2.05, 4.69) is 17.2 Å². The molecule has 2 rings (SSSR count). The first-order valence-corrected chi connectivity index (χ1v) is 7.71. The monoisotopic (exact) mass is 323 g/mol. The third-order valence-electron chi connectivity index (χ3n) is 3.30. The van der Waals surface area contributed by atoms with Crippen LogP contribution in [0.2, 0.25) is 10.0 Å². The Labute approximate surface area is 135 Å². The summed E-state index contributed by atoms with van der Waals surface area (Å²) < 4.78 is 0. The van der Waals surface area contributed by atoms with Crippen molar-refractivity contribution < 1.29 is 0 Å². The van der Waals surface area contributed by atoms with Crippen LogP contribution in [-0.2, 0) is 12.8 Å². The van der Waals surface area contributed by atoms with E-state index in [9.17, 15) is 0 Å². The van der Waals surface area contributed by atoms with Crippen molar-refractivity contribution in [3.8, 4) is 0 Å². The summed E-state index contributed by atoms with van der Waals surface area (Å²) in [5, 5.41) is 4.85. The number of aromatic nitrogens is 1. The van der Waals surface area contributed by atoms with E-state index in [1.54, 1.807) is 12.3 Å². The lowest BCUT2D eigenvalue weighted by molar-refractivity contribution is 0.521. The molecule has 3 N–H and O–H groups in total. The molecule has 0 saturated carbocycles. The Morgan fingerprint density at radius 1 is 1.19 bits per heavy atom. The van der Waals surface area contributed by atoms with Gasteiger partial charge in [0, 0.05) is 22.3 Å². The number of nitrogens with zero attached hydrogens (tertiary/aromatic N) is 1. The number of nitrogens with one attached hydrogen (secondary N) is 1. The number of anilines is 1. The van der Waals surface area contributed by atoms with E-state index in [0.717, 1.165) is 24.9 Å². The van der Waals surface area contributed by atoms with Crippen LogP contribution in [0.4, 0.5) is 5.82 Å². The number of halogens is 2. The quantitative estimate of drug-likeness (QED) is 0.851. The van der Waals surface area contributed by atoms with Gasteiger partial charge < -0.3 is 11.1 Å². The van der Waals surface area contributed by atoms with Crippen molar-refractivity contribution >= 4 is 29.0 Å². The lowest BCUT2D eigenvalue weighted by Gasteiger charge is -2.19. The van der Waals surface area contributed by atoms with Gasteiger partial charge in [-0.2, -0.15) is 0 Å². The molecular weight excluding hydrogens is 305 g/mol. The van der Waals surface area contributed by atoms with Gasteiger partial charge in [0.1, 0.15) is 5.82 Å². The first-order valence-electron chi connectivity index (χ1n) is 6.96. The topological polar surface area (TPSA) is 50.9 Å². The van der Waals surface area contributed by atoms with Crippen molar-refractivity contribution in [2.45, 2.75) is 25.8 Å². The first kappa shape index (κ1) is 16.1. The highest BCUT2D eigenvalue weighted by atomic mass is 35.5. The van der Waals surface area contributed by atoms with E-state index in [-0.39, 0.29) is 6.04 Å². The number of hydrogen-bond acceptors (Lipinski definition) is 3. The zero-order valence-electron chi connectivity index (χ0n) is 11.9. The molecule has 112 valence electrons. The van der Waals surface area contributed by atoms with E-state index in [0.29, 0.717) is 15.9 Å². The number of hydrogen-bond donors (Lipinski definition) is 2. The Morgan fingerprint density at radius 3 is 2.67 bits per heavy atom. The SMILES string of the molecule is CCNC(Cc1ccnc(N)c1)Cc1ccc(Cl)cc1Cl. The Bertz CT molecular complexity index is 602. The lowest BCUT2D eigenvalue weighted by atomic mass is 9.99. The summed E-state index contributed by atoms with van der Waals surface area (Å²) in [6.07, 6.45) is 3.45. The molecule has 0 aliphatic carbocycles. The van der Waals surface area contributed by atoms with Gasteiger partial charge in [-0.3, -0.25) is 0 Å². The molecule has 1 aromatic heterocycles. The van der Waals surface area contributed by atoms with Gasteiger partial charge in [0.15, 0.2) is 0 Å². The summed E-state index contributed by atoms with van der Waals surface area (Å²) in [5.74, 6) is 0.548. The Morgan fingerprint density at radius 2 is 2.00 bits per heavy atom. The van der Waals surface area contributed by atoms with Gasteiger partial charge in [-0.15, -0.1) is 0 Å². The average molecular weight is 324 g/mol. The van der Waals surface area contributed by atoms with Crippen molar-refractivity contribution in [2.75, 3.05) is 12.3 Å². The van der Waals surface area contributed by atoms with E-state index in [1.165, 1.54) is 5.56 Å². The molecule has 1 aromatic carbocycles. The van der Waals surface area contributed by atoms with E-state index in [1.807, 2.05) is 24.3 Å². The second-order valence-corrected chi connectivity index (χ2v) is 5.83. The van der Waals surface area contributed by atoms with Crippen LogP contribution in [0.3, 0.4) is 0 Å². The van der Waals surface area contributed by atoms with Gasteiger partial charge in [-0.05, 0) is 54.8 Å². The molecule has 0 aliphatic heterocycles. The number of rotatable bonds is 6. The minimum absolute atomic E-state index is 0.287. The van der Waals surface area contributed by atoms with Gasteiger partial charge in [-0.1, -0.05) is 36.2 Å². The predicted molar refractivity (Wildman–Crippen MR) is 90.0 cm³/mol. The van der Waals surface area contributed by atoms with Crippen LogP contribution in [0.25, 0.3) is 0 Å². The fourth-order valence-corrected chi connectivity index (χ4v) is 2.85. The smallest absolute Gasteiger partial charge is 0.123 e. The highest BCUT2D eigenvalue weighted by Gasteiger charge is 2.12. The minimum Gasteiger partial charge on any atom is -0.384 e. The van der Waals surface area contributed by atoms with E-state index >= 15 is 0 Å². The largest absolute Gasteiger partial charge is 0.384 e. The molecule has 0 aliphatic rings. The molecule has 2 aromatic rings. The average Bonchev–Trinajstić information content (AvgIpc) is 2.42. The summed E-state index contributed by atoms with van der Waals surface area (Å²) in [6.45, 7) is 2.99. The third-order valence-corrected chi connectivity index (χ3v) is 3.89. The second kappa shape index (κ2) is 7.64. The molecule has 0 spiro atoms. The highest BCUT2D eigenvalue weighted by Crippen LogP contribution is 2.23. The molecule has 1 heterocycles. The maximum atomic E-state index is 6.26. The molecule has 0 radical (unpaired) electrons. The molecule has 0 amide bonds. The van der Waals surface area contributed by atoms with E-state index < -0.39 is 0 Å². The fraction of sp³-hybridized carbons (Fsp3) is 0.312. The molecule has 0 fully saturated rings. The van der Waals surface area contributed by atoms with Crippen molar-refractivity contribution in [1.29, 1.82) is 0 Å². The fourth-order valence-electron chi connectivity index (χ4n) is 2.36. The normalized spacial score (nSPS) is 12.3. The zero-order chi connectivity index (χ0) is 15.2. The van der Waals surface area contributed by atoms with Crippen LogP contribution < -0.4 is 11.1 Å². The van der Waals surface area contributed by atoms with Crippen LogP contribution in [0.5, 0.6) is 0 Å². The Hall–Kier alpha value is -1.29. The van der Waals surface area contributed by atoms with Crippen molar-refractivity contribution in [1.82, 2.24) is 10.3 Å². The predicted octanol–water partition coefficient (Wildman–Crippen LogP) is 3.73. The molecular formula is C16H19Cl2N3. The molecule has 0 bridgehead atoms. The summed E-state index contributed by atoms with van der Waals surface area (Å²) in [4.78, 5) is 4.02. The molecule has 1 atom stereocenters. The minimum atomic E-state index is 0.287. The van der Waals surface area contributed by atoms with Crippen molar-refractivity contribution in [3.05, 3.63) is 57.7 Å². The number of nitrogens with two attached hydrogens (primary N) is 1. The van der Waals surface area contributed by atoms with Crippen LogP contribution in [-0.4, -0.2) is 17.6 Å². The van der Waals surface area contributed by atoms with Crippen LogP contribution >= 0.6 is 23.2 Å². The molecule has 21 heavy (non-hydrogen) atoms. The van der Waals surface area contributed by atoms with Gasteiger partial charge in [0.25, 0.3) is 0 Å². The van der Waals surface area contributed by atoms with Crippen LogP contribution in [0.15, 0.2) is 36.5 Å². The van der Waals surface area contributed by atoms with Gasteiger partial charge in [0.2, 0.25) is 0 Å². The Balaban J connectivity index is 2.11. The molecule has 3 nitrogen and oxygen atoms in total. The summed E-state index contributed by atoms with van der Waals surface area (Å²) in [5.41, 5.74) is 7.99. The second-order valence-electron chi connectivity index (χ2n) is 4.99. The summed E-state index contributed by atoms with van der Waals surface area (Å²) in [6, 6.07) is 9.83. The van der Waals surface area contributed by atoms with Crippen molar-refractivity contribution in [3.63, 3.8) is 0 Å². The number of nitrogen functional groups attached to an aromatic ring is 1. The van der Waals surface area contributed by atoms with Crippen LogP contribution in [0, 0.1) is 0 Å². The number of pyridine rings is 1. The zero-order valence-corrected chi connectivity index (χ0v) is 13.5. The Kier molecular flexibility index (Phi) is 5.85. The van der Waals surface area contributed by atoms with Crippen LogP contribution in [0.1, 0.15) is 18.1 Å². The maximum Gasteiger partial charge on any atom is 0.123 e.